The molecule has 2 aliphatic rings. The molecular weight excluding hydrogens is 306 g/mol. The number of hydrogen-bond acceptors (Lipinski definition) is 3. The first-order valence-corrected chi connectivity index (χ1v) is 9.63. The van der Waals surface area contributed by atoms with Gasteiger partial charge >= 0.3 is 0 Å². The lowest BCUT2D eigenvalue weighted by molar-refractivity contribution is -0.126. The third-order valence-corrected chi connectivity index (χ3v) is 5.88. The molecule has 1 saturated carbocycles. The lowest BCUT2D eigenvalue weighted by Crippen LogP contribution is -2.42. The highest BCUT2D eigenvalue weighted by Crippen LogP contribution is 2.29. The molecule has 23 heavy (non-hydrogen) atoms. The number of aromatic nitrogens is 2. The van der Waals surface area contributed by atoms with E-state index in [1.54, 1.807) is 11.3 Å². The molecule has 4 rings (SSSR count). The number of rotatable bonds is 3. The van der Waals surface area contributed by atoms with Crippen LogP contribution in [0, 0.1) is 5.92 Å². The topological polar surface area (TPSA) is 46.9 Å². The Kier molecular flexibility index (Phi) is 4.21. The van der Waals surface area contributed by atoms with Crippen molar-refractivity contribution in [1.82, 2.24) is 14.9 Å². The van der Waals surface area contributed by atoms with Crippen molar-refractivity contribution in [2.75, 3.05) is 0 Å². The Morgan fingerprint density at radius 2 is 2.13 bits per heavy atom. The van der Waals surface area contributed by atoms with E-state index in [2.05, 4.69) is 31.7 Å². The number of nitrogens with zero attached hydrogens (tertiary/aromatic N) is 2. The Hall–Kier alpha value is -1.62. The predicted octanol–water partition coefficient (Wildman–Crippen LogP) is 3.62. The molecule has 2 aromatic heterocycles. The van der Waals surface area contributed by atoms with Crippen LogP contribution in [-0.2, 0) is 17.8 Å². The Morgan fingerprint density at radius 3 is 2.91 bits per heavy atom. The van der Waals surface area contributed by atoms with E-state index in [0.717, 1.165) is 43.7 Å². The minimum absolute atomic E-state index is 0.0796. The summed E-state index contributed by atoms with van der Waals surface area (Å²) in [5.74, 6) is 1.44. The van der Waals surface area contributed by atoms with Crippen molar-refractivity contribution in [1.29, 1.82) is 0 Å². The zero-order valence-corrected chi connectivity index (χ0v) is 14.1. The number of amides is 1. The van der Waals surface area contributed by atoms with Crippen molar-refractivity contribution in [3.05, 3.63) is 28.8 Å². The minimum Gasteiger partial charge on any atom is -0.353 e. The van der Waals surface area contributed by atoms with Gasteiger partial charge in [-0.05, 0) is 30.7 Å². The second-order valence-electron chi connectivity index (χ2n) is 6.76. The van der Waals surface area contributed by atoms with Crippen LogP contribution in [0.5, 0.6) is 0 Å². The molecule has 0 radical (unpaired) electrons. The summed E-state index contributed by atoms with van der Waals surface area (Å²) in [5, 5.41) is 7.53. The third-order valence-electron chi connectivity index (χ3n) is 5.20. The molecule has 0 saturated heterocycles. The summed E-state index contributed by atoms with van der Waals surface area (Å²) >= 11 is 1.70. The van der Waals surface area contributed by atoms with Gasteiger partial charge in [-0.25, -0.2) is 4.98 Å². The number of fused-ring (bicyclic) bond motifs is 1. The van der Waals surface area contributed by atoms with Gasteiger partial charge in [-0.15, -0.1) is 0 Å². The van der Waals surface area contributed by atoms with E-state index < -0.39 is 0 Å². The van der Waals surface area contributed by atoms with Crippen LogP contribution in [-0.4, -0.2) is 21.5 Å². The first kappa shape index (κ1) is 14.9. The molecule has 0 aromatic carbocycles. The van der Waals surface area contributed by atoms with E-state index in [1.165, 1.54) is 24.8 Å². The van der Waals surface area contributed by atoms with E-state index >= 15 is 0 Å². The fraction of sp³-hybridized carbons (Fsp3) is 0.556. The van der Waals surface area contributed by atoms with Gasteiger partial charge in [-0.1, -0.05) is 19.3 Å². The minimum atomic E-state index is 0.0796. The first-order chi connectivity index (χ1) is 11.3. The van der Waals surface area contributed by atoms with Gasteiger partial charge in [0.1, 0.15) is 5.82 Å². The van der Waals surface area contributed by atoms with Gasteiger partial charge in [0.05, 0.1) is 17.8 Å². The largest absolute Gasteiger partial charge is 0.353 e. The van der Waals surface area contributed by atoms with Gasteiger partial charge < -0.3 is 9.88 Å². The van der Waals surface area contributed by atoms with Gasteiger partial charge in [0.2, 0.25) is 5.91 Å². The number of hydrogen-bond donors (Lipinski definition) is 1. The summed E-state index contributed by atoms with van der Waals surface area (Å²) < 4.78 is 2.25. The summed E-state index contributed by atoms with van der Waals surface area (Å²) in [6, 6.07) is 2.53. The Bertz CT molecular complexity index is 671. The van der Waals surface area contributed by atoms with Crippen LogP contribution in [0.3, 0.4) is 0 Å². The van der Waals surface area contributed by atoms with Gasteiger partial charge in [0, 0.05) is 30.0 Å². The lowest BCUT2D eigenvalue weighted by Gasteiger charge is -2.28. The zero-order chi connectivity index (χ0) is 15.6. The van der Waals surface area contributed by atoms with Crippen LogP contribution < -0.4 is 5.32 Å². The molecule has 3 heterocycles. The van der Waals surface area contributed by atoms with Crippen molar-refractivity contribution in [2.45, 2.75) is 57.5 Å². The van der Waals surface area contributed by atoms with E-state index in [0.29, 0.717) is 6.04 Å². The van der Waals surface area contributed by atoms with Crippen LogP contribution in [0.2, 0.25) is 0 Å². The fourth-order valence-corrected chi connectivity index (χ4v) is 4.50. The molecule has 1 unspecified atom stereocenters. The standard InChI is InChI=1S/C18H23N3OS/c22-18(20-15-4-2-1-3-5-15)13-6-7-17-19-10-16(21(17)11-13)14-8-9-23-12-14/h8-10,12-13,15H,1-7,11H2,(H,20,22). The second-order valence-corrected chi connectivity index (χ2v) is 7.54. The highest BCUT2D eigenvalue weighted by molar-refractivity contribution is 7.08. The van der Waals surface area contributed by atoms with Crippen LogP contribution in [0.4, 0.5) is 0 Å². The highest BCUT2D eigenvalue weighted by Gasteiger charge is 2.28. The van der Waals surface area contributed by atoms with Crippen LogP contribution in [0.15, 0.2) is 23.0 Å². The molecule has 1 aliphatic heterocycles. The number of thiophene rings is 1. The zero-order valence-electron chi connectivity index (χ0n) is 13.3. The van der Waals surface area contributed by atoms with Gasteiger partial charge in [-0.3, -0.25) is 4.79 Å². The van der Waals surface area contributed by atoms with Gasteiger partial charge in [-0.2, -0.15) is 11.3 Å². The molecular formula is C18H23N3OS. The Morgan fingerprint density at radius 1 is 1.26 bits per heavy atom. The summed E-state index contributed by atoms with van der Waals surface area (Å²) in [7, 11) is 0. The molecule has 2 aromatic rings. The maximum atomic E-state index is 12.7. The quantitative estimate of drug-likeness (QED) is 0.935. The summed E-state index contributed by atoms with van der Waals surface area (Å²) in [4.78, 5) is 17.2. The van der Waals surface area contributed by atoms with Crippen molar-refractivity contribution < 1.29 is 4.79 Å². The molecule has 0 bridgehead atoms. The lowest BCUT2D eigenvalue weighted by atomic mass is 9.93. The van der Waals surface area contributed by atoms with Crippen molar-refractivity contribution >= 4 is 17.2 Å². The Labute approximate surface area is 140 Å². The average Bonchev–Trinajstić information content (AvgIpc) is 3.24. The van der Waals surface area contributed by atoms with Crippen LogP contribution >= 0.6 is 11.3 Å². The predicted molar refractivity (Wildman–Crippen MR) is 92.4 cm³/mol. The van der Waals surface area contributed by atoms with E-state index in [9.17, 15) is 4.79 Å². The van der Waals surface area contributed by atoms with E-state index in [4.69, 9.17) is 0 Å². The first-order valence-electron chi connectivity index (χ1n) is 8.68. The number of carbonyl (C=O) groups excluding carboxylic acids is 1. The van der Waals surface area contributed by atoms with Crippen molar-refractivity contribution in [2.24, 2.45) is 5.92 Å². The molecule has 1 amide bonds. The number of imidazole rings is 1. The van der Waals surface area contributed by atoms with E-state index in [1.807, 2.05) is 6.20 Å². The smallest absolute Gasteiger partial charge is 0.225 e. The maximum Gasteiger partial charge on any atom is 0.225 e. The summed E-state index contributed by atoms with van der Waals surface area (Å²) in [6.45, 7) is 0.763. The van der Waals surface area contributed by atoms with Crippen molar-refractivity contribution in [3.8, 4) is 11.3 Å². The van der Waals surface area contributed by atoms with Gasteiger partial charge in [0.25, 0.3) is 0 Å². The van der Waals surface area contributed by atoms with E-state index in [-0.39, 0.29) is 11.8 Å². The molecule has 1 atom stereocenters. The van der Waals surface area contributed by atoms with Crippen LogP contribution in [0.1, 0.15) is 44.3 Å². The Balaban J connectivity index is 1.47. The summed E-state index contributed by atoms with van der Waals surface area (Å²) in [5.41, 5.74) is 2.36. The second kappa shape index (κ2) is 6.48. The molecule has 1 fully saturated rings. The molecule has 1 N–H and O–H groups in total. The monoisotopic (exact) mass is 329 g/mol. The maximum absolute atomic E-state index is 12.7. The SMILES string of the molecule is O=C(NC1CCCCC1)C1CCc2ncc(-c3ccsc3)n2C1. The highest BCUT2D eigenvalue weighted by atomic mass is 32.1. The number of aryl methyl sites for hydroxylation is 1. The van der Waals surface area contributed by atoms with Crippen molar-refractivity contribution in [3.63, 3.8) is 0 Å². The third kappa shape index (κ3) is 3.07. The normalized spacial score (nSPS) is 21.8. The number of carbonyl (C=O) groups is 1. The molecule has 5 heteroatoms. The van der Waals surface area contributed by atoms with Gasteiger partial charge in [0.15, 0.2) is 0 Å². The molecule has 122 valence electrons. The van der Waals surface area contributed by atoms with Crippen LogP contribution in [0.25, 0.3) is 11.3 Å². The summed E-state index contributed by atoms with van der Waals surface area (Å²) in [6.07, 6.45) is 9.89. The fourth-order valence-electron chi connectivity index (χ4n) is 3.85. The molecule has 0 spiro atoms. The molecule has 4 nitrogen and oxygen atoms in total. The molecule has 1 aliphatic carbocycles. The average molecular weight is 329 g/mol. The number of nitrogens with one attached hydrogen (secondary N) is 1.